The van der Waals surface area contributed by atoms with Crippen molar-refractivity contribution in [3.8, 4) is 0 Å². The van der Waals surface area contributed by atoms with Crippen molar-refractivity contribution in [2.45, 2.75) is 52.6 Å². The van der Waals surface area contributed by atoms with Crippen LogP contribution in [0.5, 0.6) is 0 Å². The summed E-state index contributed by atoms with van der Waals surface area (Å²) in [5.41, 5.74) is 1.11. The van der Waals surface area contributed by atoms with E-state index in [0.29, 0.717) is 12.6 Å². The average molecular weight is 285 g/mol. The van der Waals surface area contributed by atoms with Crippen molar-refractivity contribution in [3.05, 3.63) is 0 Å². The Hall–Kier alpha value is -1.34. The third-order valence-corrected chi connectivity index (χ3v) is 3.29. The van der Waals surface area contributed by atoms with Crippen LogP contribution >= 0.6 is 0 Å². The fourth-order valence-corrected chi connectivity index (χ4v) is 2.27. The van der Waals surface area contributed by atoms with Crippen molar-refractivity contribution in [1.82, 2.24) is 10.6 Å². The smallest absolute Gasteiger partial charge is 0.320 e. The van der Waals surface area contributed by atoms with Gasteiger partial charge in [0.25, 0.3) is 0 Å². The summed E-state index contributed by atoms with van der Waals surface area (Å²) < 4.78 is 0. The summed E-state index contributed by atoms with van der Waals surface area (Å²) in [6.45, 7) is 2.68. The van der Waals surface area contributed by atoms with Gasteiger partial charge in [0.15, 0.2) is 0 Å². The molecule has 0 spiro atoms. The monoisotopic (exact) mass is 285 g/mol. The van der Waals surface area contributed by atoms with E-state index in [2.05, 4.69) is 26.1 Å². The van der Waals surface area contributed by atoms with Crippen LogP contribution in [0.4, 0.5) is 0 Å². The predicted molar refractivity (Wildman–Crippen MR) is 80.3 cm³/mol. The van der Waals surface area contributed by atoms with Crippen LogP contribution in [0.15, 0.2) is 15.4 Å². The van der Waals surface area contributed by atoms with Crippen molar-refractivity contribution < 1.29 is 9.90 Å². The van der Waals surface area contributed by atoms with Crippen LogP contribution in [0.25, 0.3) is 0 Å². The molecule has 7 nitrogen and oxygen atoms in total. The van der Waals surface area contributed by atoms with Gasteiger partial charge < -0.3 is 15.7 Å². The van der Waals surface area contributed by atoms with Gasteiger partial charge in [-0.15, -0.1) is 5.10 Å². The Morgan fingerprint density at radius 1 is 1.15 bits per heavy atom. The van der Waals surface area contributed by atoms with Crippen LogP contribution in [0.1, 0.15) is 40.5 Å². The molecule has 0 bridgehead atoms. The van der Waals surface area contributed by atoms with Gasteiger partial charge in [0.2, 0.25) is 0 Å². The van der Waals surface area contributed by atoms with Crippen molar-refractivity contribution in [2.75, 3.05) is 19.6 Å². The molecule has 7 heteroatoms. The minimum absolute atomic E-state index is 0. The van der Waals surface area contributed by atoms with Crippen LogP contribution in [-0.4, -0.2) is 48.5 Å². The molecule has 3 N–H and O–H groups in total. The second-order valence-electron chi connectivity index (χ2n) is 4.62. The first-order valence-corrected chi connectivity index (χ1v) is 6.40. The number of carboxylic acid groups (broad SMARTS) is 1. The Balaban J connectivity index is 0.000000336. The van der Waals surface area contributed by atoms with Crippen LogP contribution < -0.4 is 10.6 Å². The van der Waals surface area contributed by atoms with Crippen molar-refractivity contribution >= 4 is 11.7 Å². The lowest BCUT2D eigenvalue weighted by Crippen LogP contribution is -2.31. The molecule has 0 amide bonds. The van der Waals surface area contributed by atoms with E-state index >= 15 is 0 Å². The highest BCUT2D eigenvalue weighted by atomic mass is 16.4. The van der Waals surface area contributed by atoms with E-state index < -0.39 is 5.97 Å². The first kappa shape index (κ1) is 18.7. The topological polar surface area (TPSA) is 98.4 Å². The van der Waals surface area contributed by atoms with Gasteiger partial charge in [0, 0.05) is 6.04 Å². The molecular formula is C13H27N5O2. The Morgan fingerprint density at radius 2 is 1.85 bits per heavy atom. The molecule has 0 unspecified atom stereocenters. The zero-order chi connectivity index (χ0) is 12.8. The molecular weight excluding hydrogens is 258 g/mol. The lowest BCUT2D eigenvalue weighted by atomic mass is 10.1. The van der Waals surface area contributed by atoms with Gasteiger partial charge in [-0.2, -0.15) is 5.11 Å². The van der Waals surface area contributed by atoms with Crippen molar-refractivity contribution in [3.63, 3.8) is 0 Å². The number of rotatable bonds is 2. The van der Waals surface area contributed by atoms with Crippen LogP contribution in [-0.2, 0) is 4.79 Å². The number of nitrogens with zero attached hydrogens (tertiary/aromatic N) is 3. The van der Waals surface area contributed by atoms with Gasteiger partial charge in [-0.1, -0.05) is 14.9 Å². The van der Waals surface area contributed by atoms with Gasteiger partial charge in [0.05, 0.1) is 5.71 Å². The number of hydrogen-bond donors (Lipinski definition) is 3. The molecule has 20 heavy (non-hydrogen) atoms. The number of carboxylic acids is 1. The zero-order valence-electron chi connectivity index (χ0n) is 10.3. The fraction of sp³-hybridized carbons (Fsp3) is 0.846. The van der Waals surface area contributed by atoms with E-state index in [4.69, 9.17) is 5.11 Å². The van der Waals surface area contributed by atoms with Gasteiger partial charge >= 0.3 is 5.97 Å². The lowest BCUT2D eigenvalue weighted by molar-refractivity contribution is -0.139. The molecule has 2 atom stereocenters. The summed E-state index contributed by atoms with van der Waals surface area (Å²) in [7, 11) is 0. The van der Waals surface area contributed by atoms with E-state index in [-0.39, 0.29) is 20.9 Å². The minimum atomic E-state index is -0.720. The first-order valence-electron chi connectivity index (χ1n) is 6.40. The SMILES string of the molecule is C.C.C1CN[C@H](C2=NN=NC2)C1.O=C(O)[C@@H]1CCCN1. The van der Waals surface area contributed by atoms with E-state index in [1.54, 1.807) is 0 Å². The predicted octanol–water partition coefficient (Wildman–Crippen LogP) is 1.66. The maximum Gasteiger partial charge on any atom is 0.320 e. The third kappa shape index (κ3) is 5.34. The van der Waals surface area contributed by atoms with Crippen LogP contribution in [0, 0.1) is 0 Å². The summed E-state index contributed by atoms with van der Waals surface area (Å²) in [6.07, 6.45) is 4.24. The van der Waals surface area contributed by atoms with Crippen molar-refractivity contribution in [2.24, 2.45) is 15.4 Å². The number of aliphatic carboxylic acids is 1. The molecule has 0 aliphatic carbocycles. The molecule has 2 saturated heterocycles. The molecule has 0 aromatic rings. The molecule has 2 fully saturated rings. The molecule has 0 aromatic carbocycles. The van der Waals surface area contributed by atoms with Gasteiger partial charge in [0.1, 0.15) is 12.6 Å². The Kier molecular flexibility index (Phi) is 8.91. The second-order valence-corrected chi connectivity index (χ2v) is 4.62. The molecule has 3 aliphatic rings. The molecule has 0 saturated carbocycles. The van der Waals surface area contributed by atoms with E-state index in [9.17, 15) is 4.79 Å². The Labute approximate surface area is 120 Å². The summed E-state index contributed by atoms with van der Waals surface area (Å²) in [6, 6.07) is 0.199. The maximum absolute atomic E-state index is 10.1. The lowest BCUT2D eigenvalue weighted by Gasteiger charge is -2.05. The third-order valence-electron chi connectivity index (χ3n) is 3.29. The Bertz CT molecular complexity index is 345. The maximum atomic E-state index is 10.1. The summed E-state index contributed by atoms with van der Waals surface area (Å²) in [4.78, 5) is 10.1. The molecule has 0 aromatic heterocycles. The van der Waals surface area contributed by atoms with Gasteiger partial charge in [-0.05, 0) is 44.0 Å². The fourth-order valence-electron chi connectivity index (χ4n) is 2.27. The highest BCUT2D eigenvalue weighted by molar-refractivity contribution is 5.92. The number of carbonyl (C=O) groups is 1. The van der Waals surface area contributed by atoms with Gasteiger partial charge in [-0.25, -0.2) is 0 Å². The summed E-state index contributed by atoms with van der Waals surface area (Å²) in [5.74, 6) is -0.720. The number of hydrogen-bond acceptors (Lipinski definition) is 6. The van der Waals surface area contributed by atoms with Gasteiger partial charge in [-0.3, -0.25) is 4.79 Å². The normalized spacial score (nSPS) is 26.9. The zero-order valence-corrected chi connectivity index (χ0v) is 10.3. The molecule has 3 rings (SSSR count). The largest absolute Gasteiger partial charge is 0.480 e. The van der Waals surface area contributed by atoms with E-state index in [1.807, 2.05) is 0 Å². The van der Waals surface area contributed by atoms with E-state index in [1.165, 1.54) is 12.8 Å². The highest BCUT2D eigenvalue weighted by Crippen LogP contribution is 2.10. The standard InChI is InChI=1S/C6H10N4.C5H9NO2.2CH4/c1-2-5(7-3-1)6-4-8-10-9-6;7-5(8)4-2-1-3-6-4;;/h5,7H,1-4H2;4,6H,1-3H2,(H,7,8);2*1H4/t5-;4-;;/m00../s1. The number of nitrogens with one attached hydrogen (secondary N) is 2. The second kappa shape index (κ2) is 9.55. The van der Waals surface area contributed by atoms with Crippen molar-refractivity contribution in [1.29, 1.82) is 0 Å². The highest BCUT2D eigenvalue weighted by Gasteiger charge is 2.21. The van der Waals surface area contributed by atoms with Crippen LogP contribution in [0.2, 0.25) is 0 Å². The summed E-state index contributed by atoms with van der Waals surface area (Å²) in [5, 5.41) is 25.9. The minimum Gasteiger partial charge on any atom is -0.480 e. The van der Waals surface area contributed by atoms with Crippen LogP contribution in [0.3, 0.4) is 0 Å². The molecule has 3 aliphatic heterocycles. The molecule has 3 heterocycles. The quantitative estimate of drug-likeness (QED) is 0.718. The first-order chi connectivity index (χ1) is 8.77. The van der Waals surface area contributed by atoms with E-state index in [0.717, 1.165) is 31.6 Å². The average Bonchev–Trinajstić information content (AvgIpc) is 3.14. The molecule has 116 valence electrons. The Morgan fingerprint density at radius 3 is 2.25 bits per heavy atom. The molecule has 0 radical (unpaired) electrons. The summed E-state index contributed by atoms with van der Waals surface area (Å²) >= 11 is 0.